The molecule has 0 saturated heterocycles. The lowest BCUT2D eigenvalue weighted by molar-refractivity contribution is -0.140. The molecule has 0 radical (unpaired) electrons. The number of hydrogen-bond donors (Lipinski definition) is 1. The number of sulfonamides is 1. The van der Waals surface area contributed by atoms with Crippen molar-refractivity contribution < 1.29 is 18.0 Å². The first-order valence-corrected chi connectivity index (χ1v) is 15.3. The summed E-state index contributed by atoms with van der Waals surface area (Å²) in [6.07, 6.45) is 1.93. The zero-order chi connectivity index (χ0) is 28.6. The van der Waals surface area contributed by atoms with Gasteiger partial charge in [0.2, 0.25) is 21.8 Å². The highest BCUT2D eigenvalue weighted by Gasteiger charge is 2.33. The van der Waals surface area contributed by atoms with Crippen molar-refractivity contribution in [2.45, 2.75) is 32.4 Å². The van der Waals surface area contributed by atoms with Gasteiger partial charge in [-0.3, -0.25) is 13.9 Å². The van der Waals surface area contributed by atoms with Crippen LogP contribution in [0.15, 0.2) is 72.8 Å². The second-order valence-corrected chi connectivity index (χ2v) is 12.1. The molecular formula is C28H30Cl3N3O4S. The van der Waals surface area contributed by atoms with Crippen LogP contribution in [0.2, 0.25) is 15.1 Å². The van der Waals surface area contributed by atoms with E-state index in [4.69, 9.17) is 34.8 Å². The number of hydrogen-bond acceptors (Lipinski definition) is 4. The van der Waals surface area contributed by atoms with Gasteiger partial charge in [-0.05, 0) is 41.8 Å². The number of carbonyl (C=O) groups excluding carboxylic acids is 2. The lowest BCUT2D eigenvalue weighted by Crippen LogP contribution is -2.53. The summed E-state index contributed by atoms with van der Waals surface area (Å²) >= 11 is 18.6. The van der Waals surface area contributed by atoms with Gasteiger partial charge in [-0.25, -0.2) is 8.42 Å². The summed E-state index contributed by atoms with van der Waals surface area (Å²) in [6, 6.07) is 19.7. The SMILES string of the molecule is CCCNC(=O)C(Cc1ccccc1)N(Cc1ccccc1Cl)C(=O)CN(c1ccc(Cl)c(Cl)c1)S(C)(=O)=O. The van der Waals surface area contributed by atoms with Crippen molar-refractivity contribution in [3.63, 3.8) is 0 Å². The summed E-state index contributed by atoms with van der Waals surface area (Å²) in [5.41, 5.74) is 1.64. The molecule has 0 bridgehead atoms. The van der Waals surface area contributed by atoms with Gasteiger partial charge in [-0.15, -0.1) is 0 Å². The Labute approximate surface area is 244 Å². The molecule has 2 amide bonds. The van der Waals surface area contributed by atoms with Crippen LogP contribution in [0.4, 0.5) is 5.69 Å². The van der Waals surface area contributed by atoms with Crippen LogP contribution in [0.5, 0.6) is 0 Å². The van der Waals surface area contributed by atoms with Gasteiger partial charge in [0.25, 0.3) is 0 Å². The standard InChI is InChI=1S/C28H30Cl3N3O4S/c1-3-15-32-28(36)26(16-20-9-5-4-6-10-20)33(18-21-11-7-8-12-23(21)29)27(35)19-34(39(2,37)38)22-13-14-24(30)25(31)17-22/h4-14,17,26H,3,15-16,18-19H2,1-2H3,(H,32,36). The van der Waals surface area contributed by atoms with Gasteiger partial charge in [0.05, 0.1) is 22.0 Å². The molecule has 208 valence electrons. The fourth-order valence-electron chi connectivity index (χ4n) is 3.98. The van der Waals surface area contributed by atoms with Gasteiger partial charge in [-0.1, -0.05) is 90.3 Å². The van der Waals surface area contributed by atoms with Crippen LogP contribution in [0.1, 0.15) is 24.5 Å². The van der Waals surface area contributed by atoms with Crippen molar-refractivity contribution in [1.29, 1.82) is 0 Å². The average molecular weight is 611 g/mol. The third-order valence-electron chi connectivity index (χ3n) is 5.99. The van der Waals surface area contributed by atoms with Crippen LogP contribution in [0, 0.1) is 0 Å². The molecule has 0 aliphatic carbocycles. The Kier molecular flexibility index (Phi) is 11.1. The second kappa shape index (κ2) is 14.0. The summed E-state index contributed by atoms with van der Waals surface area (Å²) in [5, 5.41) is 3.70. The van der Waals surface area contributed by atoms with E-state index in [0.717, 1.165) is 16.1 Å². The molecule has 1 N–H and O–H groups in total. The van der Waals surface area contributed by atoms with Crippen LogP contribution < -0.4 is 9.62 Å². The summed E-state index contributed by atoms with van der Waals surface area (Å²) in [4.78, 5) is 28.8. The highest BCUT2D eigenvalue weighted by atomic mass is 35.5. The lowest BCUT2D eigenvalue weighted by Gasteiger charge is -2.33. The van der Waals surface area contributed by atoms with E-state index in [0.29, 0.717) is 23.6 Å². The number of nitrogens with zero attached hydrogens (tertiary/aromatic N) is 2. The largest absolute Gasteiger partial charge is 0.354 e. The van der Waals surface area contributed by atoms with Crippen molar-refractivity contribution in [1.82, 2.24) is 10.2 Å². The topological polar surface area (TPSA) is 86.8 Å². The molecule has 3 rings (SSSR count). The molecule has 3 aromatic carbocycles. The summed E-state index contributed by atoms with van der Waals surface area (Å²) < 4.78 is 26.6. The Morgan fingerprint density at radius 2 is 1.56 bits per heavy atom. The normalized spacial score (nSPS) is 12.0. The molecule has 11 heteroatoms. The molecule has 1 atom stereocenters. The van der Waals surface area contributed by atoms with Crippen LogP contribution in [-0.4, -0.2) is 50.5 Å². The van der Waals surface area contributed by atoms with E-state index in [1.807, 2.05) is 37.3 Å². The van der Waals surface area contributed by atoms with E-state index in [1.54, 1.807) is 24.3 Å². The summed E-state index contributed by atoms with van der Waals surface area (Å²) in [7, 11) is -3.92. The maximum atomic E-state index is 14.0. The van der Waals surface area contributed by atoms with E-state index >= 15 is 0 Å². The maximum absolute atomic E-state index is 14.0. The van der Waals surface area contributed by atoms with Gasteiger partial charge in [0.15, 0.2) is 0 Å². The predicted molar refractivity (Wildman–Crippen MR) is 158 cm³/mol. The van der Waals surface area contributed by atoms with Crippen LogP contribution in [-0.2, 0) is 32.6 Å². The van der Waals surface area contributed by atoms with Gasteiger partial charge in [-0.2, -0.15) is 0 Å². The van der Waals surface area contributed by atoms with Gasteiger partial charge < -0.3 is 10.2 Å². The fraction of sp³-hybridized carbons (Fsp3) is 0.286. The molecular weight excluding hydrogens is 581 g/mol. The first kappa shape index (κ1) is 30.8. The minimum Gasteiger partial charge on any atom is -0.354 e. The molecule has 0 aromatic heterocycles. The third kappa shape index (κ3) is 8.60. The van der Waals surface area contributed by atoms with Gasteiger partial charge >= 0.3 is 0 Å². The second-order valence-electron chi connectivity index (χ2n) is 8.98. The van der Waals surface area contributed by atoms with Crippen molar-refractivity contribution in [3.8, 4) is 0 Å². The van der Waals surface area contributed by atoms with Crippen molar-refractivity contribution in [3.05, 3.63) is 99.0 Å². The Morgan fingerprint density at radius 3 is 2.18 bits per heavy atom. The minimum atomic E-state index is -3.92. The maximum Gasteiger partial charge on any atom is 0.244 e. The summed E-state index contributed by atoms with van der Waals surface area (Å²) in [6.45, 7) is 1.79. The number of carbonyl (C=O) groups is 2. The number of halogens is 3. The van der Waals surface area contributed by atoms with Gasteiger partial charge in [0.1, 0.15) is 12.6 Å². The average Bonchev–Trinajstić information content (AvgIpc) is 2.90. The zero-order valence-corrected chi connectivity index (χ0v) is 24.7. The van der Waals surface area contributed by atoms with Crippen LogP contribution in [0.3, 0.4) is 0 Å². The number of amides is 2. The van der Waals surface area contributed by atoms with Crippen molar-refractivity contribution >= 4 is 62.3 Å². The van der Waals surface area contributed by atoms with Crippen molar-refractivity contribution in [2.75, 3.05) is 23.7 Å². The Balaban J connectivity index is 2.06. The molecule has 0 fully saturated rings. The number of anilines is 1. The molecule has 0 saturated carbocycles. The Morgan fingerprint density at radius 1 is 0.897 bits per heavy atom. The molecule has 0 heterocycles. The highest BCUT2D eigenvalue weighted by molar-refractivity contribution is 7.92. The number of rotatable bonds is 12. The molecule has 0 spiro atoms. The van der Waals surface area contributed by atoms with E-state index in [-0.39, 0.29) is 34.6 Å². The minimum absolute atomic E-state index is 0.00543. The lowest BCUT2D eigenvalue weighted by atomic mass is 10.0. The van der Waals surface area contributed by atoms with E-state index in [2.05, 4.69) is 5.32 Å². The zero-order valence-electron chi connectivity index (χ0n) is 21.6. The monoisotopic (exact) mass is 609 g/mol. The van der Waals surface area contributed by atoms with Crippen LogP contribution >= 0.6 is 34.8 Å². The van der Waals surface area contributed by atoms with E-state index < -0.39 is 28.5 Å². The third-order valence-corrected chi connectivity index (χ3v) is 8.24. The summed E-state index contributed by atoms with van der Waals surface area (Å²) in [5.74, 6) is -0.930. The van der Waals surface area contributed by atoms with E-state index in [9.17, 15) is 18.0 Å². The first-order valence-electron chi connectivity index (χ1n) is 12.3. The molecule has 1 unspecified atom stereocenters. The van der Waals surface area contributed by atoms with Crippen LogP contribution in [0.25, 0.3) is 0 Å². The molecule has 7 nitrogen and oxygen atoms in total. The molecule has 3 aromatic rings. The Bertz CT molecular complexity index is 1400. The highest BCUT2D eigenvalue weighted by Crippen LogP contribution is 2.29. The number of benzene rings is 3. The van der Waals surface area contributed by atoms with Crippen molar-refractivity contribution in [2.24, 2.45) is 0 Å². The first-order chi connectivity index (χ1) is 18.5. The predicted octanol–water partition coefficient (Wildman–Crippen LogP) is 5.58. The molecule has 39 heavy (non-hydrogen) atoms. The molecule has 0 aliphatic heterocycles. The molecule has 0 aliphatic rings. The van der Waals surface area contributed by atoms with Gasteiger partial charge in [0, 0.05) is 24.5 Å². The number of nitrogens with one attached hydrogen (secondary N) is 1. The smallest absolute Gasteiger partial charge is 0.244 e. The Hall–Kier alpha value is -2.78. The van der Waals surface area contributed by atoms with E-state index in [1.165, 1.54) is 23.1 Å². The fourth-order valence-corrected chi connectivity index (χ4v) is 5.31. The quantitative estimate of drug-likeness (QED) is 0.290.